The molecule has 0 radical (unpaired) electrons. The molecule has 2 saturated carbocycles. The molecule has 1 heteroatoms. The molecule has 2 aliphatic carbocycles. The second-order valence-electron chi connectivity index (χ2n) is 7.10. The molecular formula is C16H29N. The van der Waals surface area contributed by atoms with Crippen molar-refractivity contribution < 1.29 is 0 Å². The van der Waals surface area contributed by atoms with Crippen LogP contribution in [0.25, 0.3) is 0 Å². The lowest BCUT2D eigenvalue weighted by Crippen LogP contribution is -2.44. The Kier molecular flexibility index (Phi) is 3.75. The molecule has 0 aromatic heterocycles. The van der Waals surface area contributed by atoms with Crippen LogP contribution in [0.3, 0.4) is 0 Å². The highest BCUT2D eigenvalue weighted by atomic mass is 15.2. The van der Waals surface area contributed by atoms with Crippen LogP contribution in [0.2, 0.25) is 0 Å². The van der Waals surface area contributed by atoms with E-state index < -0.39 is 0 Å². The number of nitrogens with zero attached hydrogens (tertiary/aromatic N) is 1. The highest BCUT2D eigenvalue weighted by molar-refractivity contribution is 4.88. The molecule has 0 unspecified atom stereocenters. The average Bonchev–Trinajstić information content (AvgIpc) is 2.51. The summed E-state index contributed by atoms with van der Waals surface area (Å²) in [5.74, 6) is 3.15. The Balaban J connectivity index is 1.60. The van der Waals surface area contributed by atoms with E-state index in [-0.39, 0.29) is 0 Å². The molecule has 3 aliphatic rings. The molecule has 0 aromatic rings. The van der Waals surface area contributed by atoms with Crippen molar-refractivity contribution in [2.24, 2.45) is 17.8 Å². The molecule has 0 aromatic carbocycles. The van der Waals surface area contributed by atoms with E-state index in [0.29, 0.717) is 0 Å². The lowest BCUT2D eigenvalue weighted by molar-refractivity contribution is 0.0722. The van der Waals surface area contributed by atoms with Crippen molar-refractivity contribution in [1.82, 2.24) is 4.90 Å². The smallest absolute Gasteiger partial charge is 0.0100 e. The molecule has 1 saturated heterocycles. The SMILES string of the molecule is CC1CCN([C@@H]2C[C@@H]3CCCC[C@@H](C3)C2)CC1. The Morgan fingerprint density at radius 3 is 1.94 bits per heavy atom. The first-order chi connectivity index (χ1) is 8.31. The normalized spacial score (nSPS) is 41.1. The molecule has 0 spiro atoms. The van der Waals surface area contributed by atoms with Crippen LogP contribution >= 0.6 is 0 Å². The molecule has 3 atom stereocenters. The third-order valence-corrected chi connectivity index (χ3v) is 5.69. The summed E-state index contributed by atoms with van der Waals surface area (Å²) in [6.45, 7) is 5.22. The minimum Gasteiger partial charge on any atom is -0.300 e. The Bertz CT molecular complexity index is 228. The van der Waals surface area contributed by atoms with Crippen molar-refractivity contribution in [2.75, 3.05) is 13.1 Å². The van der Waals surface area contributed by atoms with E-state index in [4.69, 9.17) is 0 Å². The molecule has 17 heavy (non-hydrogen) atoms. The van der Waals surface area contributed by atoms with Gasteiger partial charge in [-0.2, -0.15) is 0 Å². The molecular weight excluding hydrogens is 206 g/mol. The summed E-state index contributed by atoms with van der Waals surface area (Å²) in [6, 6.07) is 0.962. The largest absolute Gasteiger partial charge is 0.300 e. The van der Waals surface area contributed by atoms with Gasteiger partial charge in [0.1, 0.15) is 0 Å². The fourth-order valence-electron chi connectivity index (χ4n) is 4.56. The average molecular weight is 235 g/mol. The number of hydrogen-bond donors (Lipinski definition) is 0. The number of fused-ring (bicyclic) bond motifs is 2. The highest BCUT2D eigenvalue weighted by Crippen LogP contribution is 2.40. The van der Waals surface area contributed by atoms with E-state index >= 15 is 0 Å². The molecule has 2 bridgehead atoms. The summed E-state index contributed by atoms with van der Waals surface area (Å²) in [7, 11) is 0. The first kappa shape index (κ1) is 12.0. The molecule has 3 rings (SSSR count). The fourth-order valence-corrected chi connectivity index (χ4v) is 4.56. The summed E-state index contributed by atoms with van der Waals surface area (Å²) in [4.78, 5) is 2.85. The first-order valence-electron chi connectivity index (χ1n) is 8.05. The molecule has 3 fully saturated rings. The zero-order valence-electron chi connectivity index (χ0n) is 11.5. The van der Waals surface area contributed by atoms with Gasteiger partial charge in [0.05, 0.1) is 0 Å². The van der Waals surface area contributed by atoms with Gasteiger partial charge in [-0.3, -0.25) is 0 Å². The van der Waals surface area contributed by atoms with Crippen molar-refractivity contribution in [1.29, 1.82) is 0 Å². The van der Waals surface area contributed by atoms with Crippen LogP contribution in [0.4, 0.5) is 0 Å². The lowest BCUT2D eigenvalue weighted by Gasteiger charge is -2.42. The van der Waals surface area contributed by atoms with Crippen molar-refractivity contribution >= 4 is 0 Å². The summed E-state index contributed by atoms with van der Waals surface area (Å²) in [5.41, 5.74) is 0. The van der Waals surface area contributed by atoms with Crippen LogP contribution in [0, 0.1) is 17.8 Å². The van der Waals surface area contributed by atoms with Gasteiger partial charge >= 0.3 is 0 Å². The highest BCUT2D eigenvalue weighted by Gasteiger charge is 2.34. The van der Waals surface area contributed by atoms with Gasteiger partial charge in [-0.05, 0) is 62.9 Å². The molecule has 0 N–H and O–H groups in total. The molecule has 1 aliphatic heterocycles. The van der Waals surface area contributed by atoms with Crippen LogP contribution in [-0.2, 0) is 0 Å². The quantitative estimate of drug-likeness (QED) is 0.662. The number of piperidine rings is 1. The minimum atomic E-state index is 0.962. The van der Waals surface area contributed by atoms with Gasteiger partial charge in [-0.25, -0.2) is 0 Å². The lowest BCUT2D eigenvalue weighted by atomic mass is 9.76. The van der Waals surface area contributed by atoms with Crippen LogP contribution in [-0.4, -0.2) is 24.0 Å². The third kappa shape index (κ3) is 2.86. The van der Waals surface area contributed by atoms with Crippen molar-refractivity contribution in [3.8, 4) is 0 Å². The van der Waals surface area contributed by atoms with Crippen molar-refractivity contribution in [2.45, 2.75) is 70.8 Å². The summed E-state index contributed by atoms with van der Waals surface area (Å²) < 4.78 is 0. The van der Waals surface area contributed by atoms with E-state index in [1.165, 1.54) is 64.5 Å². The maximum absolute atomic E-state index is 2.85. The van der Waals surface area contributed by atoms with E-state index in [2.05, 4.69) is 11.8 Å². The van der Waals surface area contributed by atoms with Crippen LogP contribution in [0.1, 0.15) is 64.7 Å². The van der Waals surface area contributed by atoms with E-state index in [9.17, 15) is 0 Å². The van der Waals surface area contributed by atoms with E-state index in [1.807, 2.05) is 0 Å². The molecule has 1 nitrogen and oxygen atoms in total. The number of hydrogen-bond acceptors (Lipinski definition) is 1. The van der Waals surface area contributed by atoms with E-state index in [0.717, 1.165) is 23.8 Å². The van der Waals surface area contributed by atoms with Gasteiger partial charge in [0.2, 0.25) is 0 Å². The van der Waals surface area contributed by atoms with Gasteiger partial charge < -0.3 is 4.90 Å². The third-order valence-electron chi connectivity index (χ3n) is 5.69. The van der Waals surface area contributed by atoms with Crippen molar-refractivity contribution in [3.63, 3.8) is 0 Å². The molecule has 1 heterocycles. The topological polar surface area (TPSA) is 3.24 Å². The zero-order valence-corrected chi connectivity index (χ0v) is 11.5. The van der Waals surface area contributed by atoms with Gasteiger partial charge in [-0.15, -0.1) is 0 Å². The Morgan fingerprint density at radius 1 is 0.765 bits per heavy atom. The van der Waals surface area contributed by atoms with Crippen LogP contribution < -0.4 is 0 Å². The van der Waals surface area contributed by atoms with Gasteiger partial charge in [0, 0.05) is 6.04 Å². The predicted octanol–water partition coefficient (Wildman–Crippen LogP) is 4.08. The molecule has 98 valence electrons. The fraction of sp³-hybridized carbons (Fsp3) is 1.00. The zero-order chi connectivity index (χ0) is 11.7. The first-order valence-corrected chi connectivity index (χ1v) is 8.05. The monoisotopic (exact) mass is 235 g/mol. The standard InChI is InChI=1S/C16H29N/c1-13-6-8-17(9-7-13)16-11-14-4-2-3-5-15(10-14)12-16/h13-16H,2-12H2,1H3/t14-,15+,16-. The van der Waals surface area contributed by atoms with Gasteiger partial charge in [0.25, 0.3) is 0 Å². The van der Waals surface area contributed by atoms with Gasteiger partial charge in [-0.1, -0.05) is 32.6 Å². The van der Waals surface area contributed by atoms with Crippen LogP contribution in [0.15, 0.2) is 0 Å². The molecule has 0 amide bonds. The second-order valence-corrected chi connectivity index (χ2v) is 7.10. The Hall–Kier alpha value is -0.0400. The predicted molar refractivity (Wildman–Crippen MR) is 73.1 cm³/mol. The number of rotatable bonds is 1. The van der Waals surface area contributed by atoms with Crippen LogP contribution in [0.5, 0.6) is 0 Å². The maximum Gasteiger partial charge on any atom is 0.0100 e. The maximum atomic E-state index is 2.85. The summed E-state index contributed by atoms with van der Waals surface area (Å²) in [5, 5.41) is 0. The Labute approximate surface area is 107 Å². The second kappa shape index (κ2) is 5.30. The van der Waals surface area contributed by atoms with Crippen molar-refractivity contribution in [3.05, 3.63) is 0 Å². The van der Waals surface area contributed by atoms with E-state index in [1.54, 1.807) is 6.42 Å². The number of likely N-dealkylation sites (tertiary alicyclic amines) is 1. The minimum absolute atomic E-state index is 0.962. The Morgan fingerprint density at radius 2 is 1.35 bits per heavy atom. The summed E-state index contributed by atoms with van der Waals surface area (Å²) in [6.07, 6.45) is 13.7. The van der Waals surface area contributed by atoms with Gasteiger partial charge in [0.15, 0.2) is 0 Å². The summed E-state index contributed by atoms with van der Waals surface area (Å²) >= 11 is 0.